The zero-order valence-corrected chi connectivity index (χ0v) is 15.9. The Morgan fingerprint density at radius 1 is 1.00 bits per heavy atom. The highest BCUT2D eigenvalue weighted by atomic mass is 19.1. The fraction of sp³-hybridized carbons (Fsp3) is 0.619. The highest BCUT2D eigenvalue weighted by molar-refractivity contribution is 5.48. The van der Waals surface area contributed by atoms with Crippen LogP contribution < -0.4 is 0 Å². The largest absolute Gasteiger partial charge is 0.396 e. The second-order valence-electron chi connectivity index (χ2n) is 7.61. The van der Waals surface area contributed by atoms with Crippen LogP contribution in [0.15, 0.2) is 30.3 Å². The normalized spacial score (nSPS) is 26.1. The van der Waals surface area contributed by atoms with Crippen molar-refractivity contribution in [3.05, 3.63) is 41.7 Å². The van der Waals surface area contributed by atoms with E-state index in [0.29, 0.717) is 11.8 Å². The fourth-order valence-corrected chi connectivity index (χ4v) is 4.13. The molecule has 2 heterocycles. The molecule has 3 rings (SSSR count). The summed E-state index contributed by atoms with van der Waals surface area (Å²) < 4.78 is 13.0. The van der Waals surface area contributed by atoms with Crippen molar-refractivity contribution < 1.29 is 9.50 Å². The maximum atomic E-state index is 13.0. The van der Waals surface area contributed by atoms with Crippen molar-refractivity contribution in [1.82, 2.24) is 14.7 Å². The second kappa shape index (κ2) is 9.60. The molecule has 1 aromatic rings. The Labute approximate surface area is 156 Å². The number of likely N-dealkylation sites (N-methyl/N-ethyl adjacent to an activating group) is 1. The van der Waals surface area contributed by atoms with Crippen LogP contribution in [0, 0.1) is 17.7 Å². The number of likely N-dealkylation sites (tertiary alicyclic amines) is 1. The zero-order valence-electron chi connectivity index (χ0n) is 15.9. The monoisotopic (exact) mass is 361 g/mol. The minimum absolute atomic E-state index is 0.199. The number of hydrogen-bond acceptors (Lipinski definition) is 4. The van der Waals surface area contributed by atoms with Gasteiger partial charge in [0, 0.05) is 59.0 Å². The summed E-state index contributed by atoms with van der Waals surface area (Å²) in [6.07, 6.45) is 4.19. The average molecular weight is 362 g/mol. The lowest BCUT2D eigenvalue weighted by molar-refractivity contribution is 0.106. The van der Waals surface area contributed by atoms with Gasteiger partial charge in [-0.15, -0.1) is 0 Å². The maximum Gasteiger partial charge on any atom is 0.123 e. The molecule has 0 aliphatic carbocycles. The lowest BCUT2D eigenvalue weighted by atomic mass is 9.96. The van der Waals surface area contributed by atoms with Crippen LogP contribution in [0.5, 0.6) is 0 Å². The number of aliphatic hydroxyl groups is 1. The number of halogens is 1. The predicted octanol–water partition coefficient (Wildman–Crippen LogP) is 2.02. The molecule has 0 saturated carbocycles. The Bertz CT molecular complexity index is 569. The van der Waals surface area contributed by atoms with Gasteiger partial charge >= 0.3 is 0 Å². The molecule has 5 heteroatoms. The molecule has 4 nitrogen and oxygen atoms in total. The third-order valence-corrected chi connectivity index (χ3v) is 5.84. The SMILES string of the molecule is CCN1CCN(C[C@@H]2CN(C/C=C/c3ccc(F)cc3)C[C@@H]2CO)CC1. The first kappa shape index (κ1) is 19.5. The van der Waals surface area contributed by atoms with Gasteiger partial charge in [-0.3, -0.25) is 4.90 Å². The van der Waals surface area contributed by atoms with E-state index in [0.717, 1.165) is 64.5 Å². The highest BCUT2D eigenvalue weighted by Crippen LogP contribution is 2.24. The van der Waals surface area contributed by atoms with Crippen LogP contribution >= 0.6 is 0 Å². The first-order valence-electron chi connectivity index (χ1n) is 9.88. The van der Waals surface area contributed by atoms with Gasteiger partial charge in [-0.25, -0.2) is 4.39 Å². The molecular formula is C21H32FN3O. The van der Waals surface area contributed by atoms with Crippen LogP contribution in [0.3, 0.4) is 0 Å². The summed E-state index contributed by atoms with van der Waals surface area (Å²) in [5.41, 5.74) is 1.02. The van der Waals surface area contributed by atoms with Crippen molar-refractivity contribution in [1.29, 1.82) is 0 Å². The molecule has 0 aromatic heterocycles. The maximum absolute atomic E-state index is 13.0. The van der Waals surface area contributed by atoms with E-state index < -0.39 is 0 Å². The third-order valence-electron chi connectivity index (χ3n) is 5.84. The third kappa shape index (κ3) is 5.36. The molecule has 0 amide bonds. The summed E-state index contributed by atoms with van der Waals surface area (Å²) in [6, 6.07) is 6.58. The van der Waals surface area contributed by atoms with E-state index in [4.69, 9.17) is 0 Å². The Balaban J connectivity index is 1.46. The lowest BCUT2D eigenvalue weighted by Crippen LogP contribution is -2.48. The molecule has 2 aliphatic rings. The topological polar surface area (TPSA) is 30.0 Å². The van der Waals surface area contributed by atoms with Gasteiger partial charge in [-0.2, -0.15) is 0 Å². The summed E-state index contributed by atoms with van der Waals surface area (Å²) in [4.78, 5) is 7.49. The molecule has 144 valence electrons. The smallest absolute Gasteiger partial charge is 0.123 e. The Morgan fingerprint density at radius 2 is 1.65 bits per heavy atom. The van der Waals surface area contributed by atoms with E-state index in [9.17, 15) is 9.50 Å². The van der Waals surface area contributed by atoms with Crippen molar-refractivity contribution in [2.24, 2.45) is 11.8 Å². The van der Waals surface area contributed by atoms with Gasteiger partial charge in [0.05, 0.1) is 0 Å². The summed E-state index contributed by atoms with van der Waals surface area (Å²) in [5, 5.41) is 9.79. The van der Waals surface area contributed by atoms with Gasteiger partial charge in [0.2, 0.25) is 0 Å². The van der Waals surface area contributed by atoms with E-state index in [1.165, 1.54) is 12.1 Å². The predicted molar refractivity (Wildman–Crippen MR) is 104 cm³/mol. The number of benzene rings is 1. The molecule has 2 saturated heterocycles. The molecule has 0 radical (unpaired) electrons. The Morgan fingerprint density at radius 3 is 2.31 bits per heavy atom. The van der Waals surface area contributed by atoms with Crippen LogP contribution in [-0.4, -0.2) is 85.3 Å². The number of piperazine rings is 1. The van der Waals surface area contributed by atoms with E-state index >= 15 is 0 Å². The second-order valence-corrected chi connectivity index (χ2v) is 7.61. The molecule has 1 aromatic carbocycles. The highest BCUT2D eigenvalue weighted by Gasteiger charge is 2.33. The number of rotatable bonds is 7. The summed E-state index contributed by atoms with van der Waals surface area (Å²) in [6.45, 7) is 12.3. The molecule has 2 aliphatic heterocycles. The van der Waals surface area contributed by atoms with Crippen LogP contribution in [-0.2, 0) is 0 Å². The first-order chi connectivity index (χ1) is 12.7. The number of aliphatic hydroxyl groups excluding tert-OH is 1. The van der Waals surface area contributed by atoms with Gasteiger partial charge < -0.3 is 14.9 Å². The molecule has 2 atom stereocenters. The number of nitrogens with zero attached hydrogens (tertiary/aromatic N) is 3. The number of hydrogen-bond donors (Lipinski definition) is 1. The average Bonchev–Trinajstić information content (AvgIpc) is 3.05. The van der Waals surface area contributed by atoms with E-state index in [1.54, 1.807) is 12.1 Å². The van der Waals surface area contributed by atoms with Gasteiger partial charge in [-0.1, -0.05) is 31.2 Å². The van der Waals surface area contributed by atoms with Gasteiger partial charge in [0.1, 0.15) is 5.82 Å². The van der Waals surface area contributed by atoms with E-state index in [-0.39, 0.29) is 12.4 Å². The summed E-state index contributed by atoms with van der Waals surface area (Å²) >= 11 is 0. The molecule has 2 fully saturated rings. The minimum Gasteiger partial charge on any atom is -0.396 e. The Kier molecular flexibility index (Phi) is 7.20. The van der Waals surface area contributed by atoms with Gasteiger partial charge in [0.25, 0.3) is 0 Å². The van der Waals surface area contributed by atoms with E-state index in [1.807, 2.05) is 6.08 Å². The lowest BCUT2D eigenvalue weighted by Gasteiger charge is -2.36. The van der Waals surface area contributed by atoms with Crippen LogP contribution in [0.25, 0.3) is 6.08 Å². The van der Waals surface area contributed by atoms with Crippen molar-refractivity contribution in [3.63, 3.8) is 0 Å². The molecule has 0 unspecified atom stereocenters. The first-order valence-corrected chi connectivity index (χ1v) is 9.88. The van der Waals surface area contributed by atoms with Crippen LogP contribution in [0.4, 0.5) is 4.39 Å². The summed E-state index contributed by atoms with van der Waals surface area (Å²) in [5.74, 6) is 0.723. The molecule has 1 N–H and O–H groups in total. The Hall–Kier alpha value is -1.27. The fourth-order valence-electron chi connectivity index (χ4n) is 4.13. The summed E-state index contributed by atoms with van der Waals surface area (Å²) in [7, 11) is 0. The van der Waals surface area contributed by atoms with Gasteiger partial charge in [-0.05, 0) is 36.1 Å². The van der Waals surface area contributed by atoms with Gasteiger partial charge in [0.15, 0.2) is 0 Å². The van der Waals surface area contributed by atoms with Crippen molar-refractivity contribution in [2.75, 3.05) is 65.5 Å². The van der Waals surface area contributed by atoms with Crippen molar-refractivity contribution in [3.8, 4) is 0 Å². The standard InChI is InChI=1S/C21H32FN3O/c1-2-23-10-12-24(13-11-23)14-19-15-25(16-20(19)17-26)9-3-4-18-5-7-21(22)8-6-18/h3-8,19-20,26H,2,9-17H2,1H3/b4-3+/t19-,20-/m1/s1. The van der Waals surface area contributed by atoms with Crippen molar-refractivity contribution in [2.45, 2.75) is 6.92 Å². The molecule has 26 heavy (non-hydrogen) atoms. The molecule has 0 spiro atoms. The van der Waals surface area contributed by atoms with Crippen LogP contribution in [0.1, 0.15) is 12.5 Å². The zero-order chi connectivity index (χ0) is 18.4. The van der Waals surface area contributed by atoms with E-state index in [2.05, 4.69) is 27.7 Å². The molecule has 0 bridgehead atoms. The van der Waals surface area contributed by atoms with Crippen molar-refractivity contribution >= 4 is 6.08 Å². The van der Waals surface area contributed by atoms with Crippen LogP contribution in [0.2, 0.25) is 0 Å². The quantitative estimate of drug-likeness (QED) is 0.805. The molecular weight excluding hydrogens is 329 g/mol. The minimum atomic E-state index is -0.199.